The molecule has 1 aromatic carbocycles. The van der Waals surface area contributed by atoms with E-state index >= 15 is 0 Å². The van der Waals surface area contributed by atoms with Crippen molar-refractivity contribution in [3.8, 4) is 11.4 Å². The number of Topliss-reactive ketones (excluding diaryl/α,β-unsaturated/α-hetero) is 1. The van der Waals surface area contributed by atoms with Gasteiger partial charge in [0.15, 0.2) is 12.0 Å². The highest BCUT2D eigenvalue weighted by molar-refractivity contribution is 5.96. The van der Waals surface area contributed by atoms with Crippen molar-refractivity contribution in [3.63, 3.8) is 0 Å². The monoisotopic (exact) mass is 320 g/mol. The highest BCUT2D eigenvalue weighted by Gasteiger charge is 2.36. The number of hydrogen-bond donors (Lipinski definition) is 1. The third-order valence-electron chi connectivity index (χ3n) is 4.78. The zero-order chi connectivity index (χ0) is 17.0. The number of H-pyrrole nitrogens is 1. The van der Waals surface area contributed by atoms with Gasteiger partial charge in [-0.1, -0.05) is 18.2 Å². The highest BCUT2D eigenvalue weighted by atomic mass is 16.4. The third-order valence-corrected chi connectivity index (χ3v) is 4.78. The first-order valence-electron chi connectivity index (χ1n) is 7.85. The molecule has 0 radical (unpaired) electrons. The first kappa shape index (κ1) is 14.6. The zero-order valence-corrected chi connectivity index (χ0v) is 13.4. The molecule has 24 heavy (non-hydrogen) atoms. The number of fused-ring (bicyclic) bond motifs is 5. The van der Waals surface area contributed by atoms with Crippen molar-refractivity contribution in [2.45, 2.75) is 26.3 Å². The summed E-state index contributed by atoms with van der Waals surface area (Å²) in [6, 6.07) is 8.90. The fourth-order valence-corrected chi connectivity index (χ4v) is 3.61. The van der Waals surface area contributed by atoms with E-state index in [4.69, 9.17) is 0 Å². The zero-order valence-electron chi connectivity index (χ0n) is 13.4. The fraction of sp³-hybridized carbons (Fsp3) is 0.211. The summed E-state index contributed by atoms with van der Waals surface area (Å²) in [5.41, 5.74) is 4.99. The van der Waals surface area contributed by atoms with E-state index in [2.05, 4.69) is 4.98 Å². The lowest BCUT2D eigenvalue weighted by Gasteiger charge is -2.22. The van der Waals surface area contributed by atoms with Gasteiger partial charge in [0.05, 0.1) is 5.56 Å². The van der Waals surface area contributed by atoms with Crippen LogP contribution in [0.4, 0.5) is 0 Å². The Morgan fingerprint density at radius 2 is 2.04 bits per heavy atom. The minimum atomic E-state index is -1.14. The van der Waals surface area contributed by atoms with Crippen molar-refractivity contribution >= 4 is 22.7 Å². The molecule has 1 atom stereocenters. The second-order valence-electron chi connectivity index (χ2n) is 6.28. The first-order valence-corrected chi connectivity index (χ1v) is 7.85. The van der Waals surface area contributed by atoms with Gasteiger partial charge in [-0.2, -0.15) is 4.57 Å². The standard InChI is InChI=1S/C19H16N2O3/c1-10-7-16-18-13(12-5-3-4-6-15(12)20-18)8-17(19(23)24)21(16)9-14(10)11(2)22/h3-7,9,17H,8H2,1-2H3,(H,23,24)/t17-/m0/s1. The summed E-state index contributed by atoms with van der Waals surface area (Å²) in [4.78, 5) is 26.9. The number of nitrogens with one attached hydrogen (secondary N) is 1. The van der Waals surface area contributed by atoms with Crippen molar-refractivity contribution in [2.24, 2.45) is 0 Å². The van der Waals surface area contributed by atoms with Gasteiger partial charge in [0.25, 0.3) is 0 Å². The third kappa shape index (κ3) is 1.98. The number of hydrogen-bond acceptors (Lipinski definition) is 3. The maximum absolute atomic E-state index is 11.8. The molecule has 0 saturated carbocycles. The highest BCUT2D eigenvalue weighted by Crippen LogP contribution is 2.35. The van der Waals surface area contributed by atoms with Crippen LogP contribution in [-0.2, 0) is 11.2 Å². The quantitative estimate of drug-likeness (QED) is 0.574. The molecule has 1 aliphatic rings. The molecule has 3 heterocycles. The second-order valence-corrected chi connectivity index (χ2v) is 6.28. The Kier molecular flexibility index (Phi) is 3.06. The molecule has 0 unspecified atom stereocenters. The molecule has 0 bridgehead atoms. The molecule has 5 nitrogen and oxygen atoms in total. The van der Waals surface area contributed by atoms with E-state index in [0.29, 0.717) is 12.0 Å². The number of ketones is 1. The number of carbonyl (C=O) groups excluding carboxylic acids is 2. The second kappa shape index (κ2) is 5.03. The molecule has 120 valence electrons. The van der Waals surface area contributed by atoms with Crippen LogP contribution in [0.2, 0.25) is 0 Å². The van der Waals surface area contributed by atoms with Gasteiger partial charge in [-0.3, -0.25) is 4.79 Å². The average Bonchev–Trinajstić information content (AvgIpc) is 2.92. The van der Waals surface area contributed by atoms with E-state index in [1.165, 1.54) is 6.92 Å². The lowest BCUT2D eigenvalue weighted by Crippen LogP contribution is -2.53. The van der Waals surface area contributed by atoms with Crippen LogP contribution in [0.25, 0.3) is 22.3 Å². The molecule has 1 N–H and O–H groups in total. The number of nitrogens with zero attached hydrogens (tertiary/aromatic N) is 1. The Hall–Kier alpha value is -2.95. The molecule has 2 aromatic heterocycles. The van der Waals surface area contributed by atoms with E-state index in [-0.39, 0.29) is 5.78 Å². The van der Waals surface area contributed by atoms with Gasteiger partial charge < -0.3 is 14.9 Å². The van der Waals surface area contributed by atoms with Crippen molar-refractivity contribution in [1.82, 2.24) is 4.98 Å². The Bertz CT molecular complexity index is 1020. The number of aromatic nitrogens is 2. The van der Waals surface area contributed by atoms with Crippen LogP contribution in [0.1, 0.15) is 34.5 Å². The largest absolute Gasteiger partial charge is 0.543 e. The van der Waals surface area contributed by atoms with Gasteiger partial charge in [0.2, 0.25) is 11.7 Å². The molecule has 0 amide bonds. The van der Waals surface area contributed by atoms with Crippen molar-refractivity contribution < 1.29 is 19.3 Å². The number of carbonyl (C=O) groups is 2. The SMILES string of the molecule is CC(=O)c1c[n+]2c(cc1C)-c1[nH]c3ccccc3c1C[C@H]2C(=O)[O-]. The van der Waals surface area contributed by atoms with Gasteiger partial charge in [-0.25, -0.2) is 0 Å². The summed E-state index contributed by atoms with van der Waals surface area (Å²) in [5.74, 6) is -1.22. The van der Waals surface area contributed by atoms with Gasteiger partial charge in [0.1, 0.15) is 11.7 Å². The number of pyridine rings is 1. The fourth-order valence-electron chi connectivity index (χ4n) is 3.61. The number of aryl methyl sites for hydroxylation is 1. The summed E-state index contributed by atoms with van der Waals surface area (Å²) in [6.45, 7) is 3.35. The summed E-state index contributed by atoms with van der Waals surface area (Å²) in [6.07, 6.45) is 1.97. The summed E-state index contributed by atoms with van der Waals surface area (Å²) in [5, 5.41) is 12.8. The van der Waals surface area contributed by atoms with Gasteiger partial charge in [-0.05, 0) is 31.0 Å². The van der Waals surface area contributed by atoms with Crippen LogP contribution in [0.5, 0.6) is 0 Å². The van der Waals surface area contributed by atoms with Crippen LogP contribution in [0, 0.1) is 6.92 Å². The maximum atomic E-state index is 11.8. The Labute approximate surface area is 138 Å². The summed E-state index contributed by atoms with van der Waals surface area (Å²) < 4.78 is 1.65. The minimum Gasteiger partial charge on any atom is -0.543 e. The molecule has 0 aliphatic carbocycles. The molecule has 0 spiro atoms. The predicted octanol–water partition coefficient (Wildman–Crippen LogP) is 1.48. The normalized spacial score (nSPS) is 15.8. The number of para-hydroxylation sites is 1. The molecule has 0 saturated heterocycles. The van der Waals surface area contributed by atoms with Crippen LogP contribution in [-0.4, -0.2) is 16.7 Å². The first-order chi connectivity index (χ1) is 11.5. The average molecular weight is 320 g/mol. The molecule has 4 rings (SSSR count). The summed E-state index contributed by atoms with van der Waals surface area (Å²) >= 11 is 0. The molecule has 0 fully saturated rings. The molecule has 3 aromatic rings. The van der Waals surface area contributed by atoms with E-state index in [9.17, 15) is 14.7 Å². The number of aromatic amines is 1. The van der Waals surface area contributed by atoms with Crippen molar-refractivity contribution in [1.29, 1.82) is 0 Å². The number of rotatable bonds is 2. The molecular formula is C19H16N2O3. The van der Waals surface area contributed by atoms with Gasteiger partial charge >= 0.3 is 0 Å². The van der Waals surface area contributed by atoms with E-state index in [1.54, 1.807) is 10.8 Å². The van der Waals surface area contributed by atoms with Crippen LogP contribution in [0.3, 0.4) is 0 Å². The van der Waals surface area contributed by atoms with E-state index < -0.39 is 12.0 Å². The Morgan fingerprint density at radius 1 is 1.29 bits per heavy atom. The number of aliphatic carboxylic acids is 1. The molecular weight excluding hydrogens is 304 g/mol. The number of carboxylic acids is 1. The number of benzene rings is 1. The number of carboxylic acid groups (broad SMARTS) is 1. The minimum absolute atomic E-state index is 0.0812. The Balaban J connectivity index is 2.06. The van der Waals surface area contributed by atoms with E-state index in [0.717, 1.165) is 33.4 Å². The lowest BCUT2D eigenvalue weighted by molar-refractivity contribution is -0.707. The van der Waals surface area contributed by atoms with Crippen LogP contribution < -0.4 is 9.67 Å². The predicted molar refractivity (Wildman–Crippen MR) is 86.4 cm³/mol. The molecule has 5 heteroatoms. The van der Waals surface area contributed by atoms with Gasteiger partial charge in [-0.15, -0.1) is 0 Å². The van der Waals surface area contributed by atoms with E-state index in [1.807, 2.05) is 37.3 Å². The molecule has 1 aliphatic heterocycles. The Morgan fingerprint density at radius 3 is 2.75 bits per heavy atom. The van der Waals surface area contributed by atoms with Crippen molar-refractivity contribution in [2.75, 3.05) is 0 Å². The van der Waals surface area contributed by atoms with Crippen LogP contribution >= 0.6 is 0 Å². The smallest absolute Gasteiger partial charge is 0.230 e. The van der Waals surface area contributed by atoms with Crippen molar-refractivity contribution in [3.05, 3.63) is 53.2 Å². The topological polar surface area (TPSA) is 76.9 Å². The lowest BCUT2D eigenvalue weighted by atomic mass is 9.94. The van der Waals surface area contributed by atoms with Gasteiger partial charge in [0, 0.05) is 23.4 Å². The maximum Gasteiger partial charge on any atom is 0.230 e. The van der Waals surface area contributed by atoms with Crippen LogP contribution in [0.15, 0.2) is 36.5 Å². The summed E-state index contributed by atoms with van der Waals surface area (Å²) in [7, 11) is 0.